The van der Waals surface area contributed by atoms with Crippen LogP contribution < -0.4 is 15.5 Å². The number of halogens is 1. The summed E-state index contributed by atoms with van der Waals surface area (Å²) in [6, 6.07) is 4.68. The molecule has 0 amide bonds. The predicted octanol–water partition coefficient (Wildman–Crippen LogP) is 1.04. The zero-order valence-electron chi connectivity index (χ0n) is 13.5. The number of hydrogen-bond donors (Lipinski definition) is 4. The minimum Gasteiger partial charge on any atom is -0.379 e. The Morgan fingerprint density at radius 2 is 1.96 bits per heavy atom. The van der Waals surface area contributed by atoms with Gasteiger partial charge in [0.05, 0.1) is 11.7 Å². The molecule has 24 heavy (non-hydrogen) atoms. The third kappa shape index (κ3) is 3.85. The first-order valence-electron chi connectivity index (χ1n) is 8.45. The maximum Gasteiger partial charge on any atom is 0.148 e. The molecular weight excluding hydrogens is 313 g/mol. The van der Waals surface area contributed by atoms with Gasteiger partial charge in [0.1, 0.15) is 24.6 Å². The van der Waals surface area contributed by atoms with E-state index in [4.69, 9.17) is 0 Å². The van der Waals surface area contributed by atoms with Crippen molar-refractivity contribution in [2.75, 3.05) is 23.3 Å². The minimum atomic E-state index is -0.876. The molecule has 132 valence electrons. The highest BCUT2D eigenvalue weighted by Crippen LogP contribution is 2.28. The van der Waals surface area contributed by atoms with Crippen LogP contribution in [0.15, 0.2) is 18.2 Å². The van der Waals surface area contributed by atoms with Crippen LogP contribution in [-0.2, 0) is 4.79 Å². The van der Waals surface area contributed by atoms with Gasteiger partial charge in [-0.25, -0.2) is 4.39 Å². The highest BCUT2D eigenvalue weighted by Gasteiger charge is 2.27. The highest BCUT2D eigenvalue weighted by atomic mass is 19.1. The fourth-order valence-corrected chi connectivity index (χ4v) is 3.39. The van der Waals surface area contributed by atoms with E-state index in [1.807, 2.05) is 4.90 Å². The number of rotatable bonds is 4. The first-order chi connectivity index (χ1) is 11.6. The van der Waals surface area contributed by atoms with E-state index >= 15 is 0 Å². The Morgan fingerprint density at radius 3 is 2.58 bits per heavy atom. The van der Waals surface area contributed by atoms with Crippen LogP contribution in [0.3, 0.4) is 0 Å². The first-order valence-corrected chi connectivity index (χ1v) is 8.45. The van der Waals surface area contributed by atoms with Crippen molar-refractivity contribution in [1.82, 2.24) is 5.32 Å². The van der Waals surface area contributed by atoms with Crippen LogP contribution in [0.4, 0.5) is 15.8 Å². The number of aliphatic hydroxyl groups excluding tert-OH is 2. The third-order valence-electron chi connectivity index (χ3n) is 4.87. The van der Waals surface area contributed by atoms with Crippen LogP contribution in [0.5, 0.6) is 0 Å². The van der Waals surface area contributed by atoms with Crippen molar-refractivity contribution in [2.24, 2.45) is 5.92 Å². The number of nitrogens with zero attached hydrogens (tertiary/aromatic N) is 1. The molecule has 0 radical (unpaired) electrons. The Balaban J connectivity index is 1.63. The second-order valence-electron chi connectivity index (χ2n) is 6.58. The Labute approximate surface area is 140 Å². The summed E-state index contributed by atoms with van der Waals surface area (Å²) in [5.41, 5.74) is 1.14. The maximum atomic E-state index is 14.5. The van der Waals surface area contributed by atoms with Crippen LogP contribution in [0.1, 0.15) is 25.7 Å². The quantitative estimate of drug-likeness (QED) is 0.615. The molecule has 4 N–H and O–H groups in total. The molecule has 2 aliphatic rings. The summed E-state index contributed by atoms with van der Waals surface area (Å²) in [6.07, 6.45) is 2.04. The fraction of sp³-hybridized carbons (Fsp3) is 0.588. The summed E-state index contributed by atoms with van der Waals surface area (Å²) in [6.45, 7) is 1.35. The lowest BCUT2D eigenvalue weighted by atomic mass is 9.98. The molecule has 0 bridgehead atoms. The van der Waals surface area contributed by atoms with E-state index < -0.39 is 12.5 Å². The zero-order chi connectivity index (χ0) is 17.1. The van der Waals surface area contributed by atoms with Gasteiger partial charge < -0.3 is 25.2 Å². The molecule has 2 fully saturated rings. The van der Waals surface area contributed by atoms with Gasteiger partial charge in [-0.1, -0.05) is 0 Å². The summed E-state index contributed by atoms with van der Waals surface area (Å²) < 4.78 is 14.5. The molecule has 1 aromatic rings. The molecular formula is C17H24FN3O3. The van der Waals surface area contributed by atoms with Crippen molar-refractivity contribution in [3.63, 3.8) is 0 Å². The second-order valence-corrected chi connectivity index (χ2v) is 6.58. The maximum absolute atomic E-state index is 14.5. The second kappa shape index (κ2) is 7.46. The van der Waals surface area contributed by atoms with E-state index in [0.717, 1.165) is 19.1 Å². The number of carbonyl (C=O) groups is 1. The van der Waals surface area contributed by atoms with Crippen molar-refractivity contribution in [3.8, 4) is 0 Å². The van der Waals surface area contributed by atoms with Crippen LogP contribution in [0, 0.1) is 11.7 Å². The molecule has 7 heteroatoms. The van der Waals surface area contributed by atoms with Gasteiger partial charge in [-0.05, 0) is 43.9 Å². The van der Waals surface area contributed by atoms with Gasteiger partial charge in [-0.3, -0.25) is 5.32 Å². The minimum absolute atomic E-state index is 0.0842. The summed E-state index contributed by atoms with van der Waals surface area (Å²) >= 11 is 0. The molecule has 3 atom stereocenters. The van der Waals surface area contributed by atoms with Gasteiger partial charge in [0.25, 0.3) is 0 Å². The number of benzene rings is 1. The monoisotopic (exact) mass is 337 g/mol. The molecule has 6 nitrogen and oxygen atoms in total. The largest absolute Gasteiger partial charge is 0.379 e. The molecule has 3 unspecified atom stereocenters. The first kappa shape index (κ1) is 17.1. The lowest BCUT2D eigenvalue weighted by Gasteiger charge is -2.34. The Bertz CT molecular complexity index is 578. The highest BCUT2D eigenvalue weighted by molar-refractivity contribution is 5.58. The molecule has 0 aliphatic carbocycles. The smallest absolute Gasteiger partial charge is 0.148 e. The molecule has 1 aromatic carbocycles. The van der Waals surface area contributed by atoms with E-state index in [0.29, 0.717) is 37.3 Å². The molecule has 2 aliphatic heterocycles. The Morgan fingerprint density at radius 1 is 1.21 bits per heavy atom. The van der Waals surface area contributed by atoms with Crippen LogP contribution in [-0.4, -0.2) is 48.1 Å². The van der Waals surface area contributed by atoms with E-state index in [2.05, 4.69) is 10.6 Å². The zero-order valence-corrected chi connectivity index (χ0v) is 13.5. The lowest BCUT2D eigenvalue weighted by molar-refractivity contribution is -0.111. The summed E-state index contributed by atoms with van der Waals surface area (Å²) in [5, 5.41) is 25.1. The molecule has 2 heterocycles. The standard InChI is InChI=1S/C17H24FN3O3/c18-13-9-12(19-14-2-4-16(23)20-17(14)24)1-3-15(13)21-7-5-11(10-22)6-8-21/h1,3,9-11,14,16-17,19-20,23-24H,2,4-8H2. The van der Waals surface area contributed by atoms with E-state index in [1.165, 1.54) is 6.07 Å². The molecule has 0 aromatic heterocycles. The van der Waals surface area contributed by atoms with E-state index in [1.54, 1.807) is 12.1 Å². The number of anilines is 2. The van der Waals surface area contributed by atoms with Gasteiger partial charge in [-0.2, -0.15) is 0 Å². The number of piperidine rings is 2. The van der Waals surface area contributed by atoms with Gasteiger partial charge in [0.15, 0.2) is 0 Å². The van der Waals surface area contributed by atoms with Gasteiger partial charge >= 0.3 is 0 Å². The average Bonchev–Trinajstić information content (AvgIpc) is 2.58. The number of aliphatic hydroxyl groups is 2. The molecule has 3 rings (SSSR count). The summed E-state index contributed by atoms with van der Waals surface area (Å²) in [5.74, 6) is -0.233. The number of aldehydes is 1. The third-order valence-corrected chi connectivity index (χ3v) is 4.87. The fourth-order valence-electron chi connectivity index (χ4n) is 3.39. The van der Waals surface area contributed by atoms with E-state index in [-0.39, 0.29) is 17.8 Å². The van der Waals surface area contributed by atoms with E-state index in [9.17, 15) is 19.4 Å². The SMILES string of the molecule is O=CC1CCN(c2ccc(NC3CCC(O)NC3O)cc2F)CC1. The summed E-state index contributed by atoms with van der Waals surface area (Å²) in [4.78, 5) is 12.8. The molecule has 0 spiro atoms. The predicted molar refractivity (Wildman–Crippen MR) is 89.2 cm³/mol. The topological polar surface area (TPSA) is 84.8 Å². The van der Waals surface area contributed by atoms with Crippen LogP contribution in [0.2, 0.25) is 0 Å². The van der Waals surface area contributed by atoms with Crippen LogP contribution >= 0.6 is 0 Å². The van der Waals surface area contributed by atoms with Gasteiger partial charge in [0.2, 0.25) is 0 Å². The van der Waals surface area contributed by atoms with Crippen molar-refractivity contribution in [2.45, 2.75) is 44.2 Å². The number of carbonyl (C=O) groups excluding carboxylic acids is 1. The number of hydrogen-bond acceptors (Lipinski definition) is 6. The summed E-state index contributed by atoms with van der Waals surface area (Å²) in [7, 11) is 0. The van der Waals surface area contributed by atoms with Crippen molar-refractivity contribution in [3.05, 3.63) is 24.0 Å². The van der Waals surface area contributed by atoms with Crippen molar-refractivity contribution in [1.29, 1.82) is 0 Å². The number of nitrogens with one attached hydrogen (secondary N) is 2. The van der Waals surface area contributed by atoms with Crippen LogP contribution in [0.25, 0.3) is 0 Å². The Kier molecular flexibility index (Phi) is 5.33. The van der Waals surface area contributed by atoms with Gasteiger partial charge in [0, 0.05) is 24.7 Å². The van der Waals surface area contributed by atoms with Gasteiger partial charge in [-0.15, -0.1) is 0 Å². The van der Waals surface area contributed by atoms with Crippen molar-refractivity contribution >= 4 is 17.7 Å². The normalized spacial score (nSPS) is 28.6. The lowest BCUT2D eigenvalue weighted by Crippen LogP contribution is -2.53. The molecule has 0 saturated carbocycles. The molecule has 2 saturated heterocycles. The Hall–Kier alpha value is -1.70. The average molecular weight is 337 g/mol. The van der Waals surface area contributed by atoms with Crippen molar-refractivity contribution < 1.29 is 19.4 Å².